The molecule has 20 heavy (non-hydrogen) atoms. The lowest BCUT2D eigenvalue weighted by Crippen LogP contribution is -2.12. The molecule has 0 amide bonds. The van der Waals surface area contributed by atoms with Crippen LogP contribution in [0.25, 0.3) is 0 Å². The van der Waals surface area contributed by atoms with E-state index in [0.29, 0.717) is 33.1 Å². The number of ether oxygens (including phenoxy) is 1. The average Bonchev–Trinajstić information content (AvgIpc) is 2.44. The van der Waals surface area contributed by atoms with Crippen LogP contribution in [0.15, 0.2) is 36.4 Å². The minimum Gasteiger partial charge on any atom is -0.455 e. The number of hydrogen-bond donors (Lipinski definition) is 1. The molecule has 5 heteroatoms. The maximum atomic E-state index is 6.13. The van der Waals surface area contributed by atoms with Gasteiger partial charge in [0.2, 0.25) is 0 Å². The first-order chi connectivity index (χ1) is 9.61. The van der Waals surface area contributed by atoms with Crippen molar-refractivity contribution in [3.8, 4) is 11.5 Å². The number of rotatable bonds is 5. The molecule has 0 aliphatic carbocycles. The third kappa shape index (κ3) is 3.80. The Morgan fingerprint density at radius 1 is 1.05 bits per heavy atom. The summed E-state index contributed by atoms with van der Waals surface area (Å²) in [6.07, 6.45) is 0. The largest absolute Gasteiger partial charge is 0.455 e. The van der Waals surface area contributed by atoms with Gasteiger partial charge in [0.15, 0.2) is 0 Å². The van der Waals surface area contributed by atoms with Crippen molar-refractivity contribution in [1.82, 2.24) is 5.32 Å². The van der Waals surface area contributed by atoms with Crippen LogP contribution >= 0.6 is 34.8 Å². The van der Waals surface area contributed by atoms with E-state index in [9.17, 15) is 0 Å². The molecule has 2 aromatic rings. The molecule has 0 aliphatic heterocycles. The number of nitrogens with one attached hydrogen (secondary N) is 1. The second kappa shape index (κ2) is 7.19. The first-order valence-corrected chi connectivity index (χ1v) is 7.36. The molecule has 0 aliphatic rings. The van der Waals surface area contributed by atoms with E-state index >= 15 is 0 Å². The van der Waals surface area contributed by atoms with Gasteiger partial charge in [-0.2, -0.15) is 0 Å². The van der Waals surface area contributed by atoms with Gasteiger partial charge in [-0.05, 0) is 36.9 Å². The Balaban J connectivity index is 2.30. The molecule has 0 fully saturated rings. The summed E-state index contributed by atoms with van der Waals surface area (Å²) >= 11 is 18.1. The highest BCUT2D eigenvalue weighted by atomic mass is 35.5. The zero-order chi connectivity index (χ0) is 14.5. The summed E-state index contributed by atoms with van der Waals surface area (Å²) in [7, 11) is 0. The predicted octanol–water partition coefficient (Wildman–Crippen LogP) is 5.55. The molecule has 0 heterocycles. The molecule has 2 rings (SSSR count). The van der Waals surface area contributed by atoms with Crippen LogP contribution in [-0.4, -0.2) is 6.54 Å². The Hall–Kier alpha value is -0.930. The van der Waals surface area contributed by atoms with E-state index in [1.165, 1.54) is 0 Å². The van der Waals surface area contributed by atoms with Crippen molar-refractivity contribution in [2.75, 3.05) is 6.54 Å². The lowest BCUT2D eigenvalue weighted by Gasteiger charge is -2.13. The van der Waals surface area contributed by atoms with Crippen LogP contribution in [-0.2, 0) is 6.54 Å². The minimum absolute atomic E-state index is 0.401. The van der Waals surface area contributed by atoms with Crippen molar-refractivity contribution in [1.29, 1.82) is 0 Å². The van der Waals surface area contributed by atoms with E-state index in [2.05, 4.69) is 5.32 Å². The lowest BCUT2D eigenvalue weighted by molar-refractivity contribution is 0.473. The molecule has 0 unspecified atom stereocenters. The summed E-state index contributed by atoms with van der Waals surface area (Å²) < 4.78 is 5.86. The maximum absolute atomic E-state index is 6.13. The van der Waals surface area contributed by atoms with Crippen molar-refractivity contribution >= 4 is 34.8 Å². The van der Waals surface area contributed by atoms with Crippen LogP contribution in [0.5, 0.6) is 11.5 Å². The first-order valence-electron chi connectivity index (χ1n) is 6.23. The molecule has 1 N–H and O–H groups in total. The van der Waals surface area contributed by atoms with Gasteiger partial charge in [-0.3, -0.25) is 0 Å². The fourth-order valence-electron chi connectivity index (χ4n) is 1.73. The van der Waals surface area contributed by atoms with Crippen LogP contribution in [0, 0.1) is 0 Å². The summed E-state index contributed by atoms with van der Waals surface area (Å²) in [5.41, 5.74) is 0.968. The summed E-state index contributed by atoms with van der Waals surface area (Å²) in [6.45, 7) is 3.58. The first kappa shape index (κ1) is 15.5. The van der Waals surface area contributed by atoms with Crippen LogP contribution < -0.4 is 10.1 Å². The van der Waals surface area contributed by atoms with E-state index in [-0.39, 0.29) is 0 Å². The second-order valence-corrected chi connectivity index (χ2v) is 5.41. The van der Waals surface area contributed by atoms with Gasteiger partial charge in [-0.25, -0.2) is 0 Å². The Kier molecular flexibility index (Phi) is 5.55. The average molecular weight is 331 g/mol. The molecular formula is C15H14Cl3NO. The highest BCUT2D eigenvalue weighted by Gasteiger charge is 2.10. The van der Waals surface area contributed by atoms with Crippen molar-refractivity contribution in [3.05, 3.63) is 57.0 Å². The zero-order valence-electron chi connectivity index (χ0n) is 10.9. The third-order valence-corrected chi connectivity index (χ3v) is 3.76. The number of hydrogen-bond acceptors (Lipinski definition) is 2. The molecule has 0 radical (unpaired) electrons. The second-order valence-electron chi connectivity index (χ2n) is 4.19. The molecule has 0 saturated carbocycles. The fourth-order valence-corrected chi connectivity index (χ4v) is 2.25. The van der Waals surface area contributed by atoms with Crippen LogP contribution in [0.3, 0.4) is 0 Å². The van der Waals surface area contributed by atoms with Crippen molar-refractivity contribution in [2.24, 2.45) is 0 Å². The fraction of sp³-hybridized carbons (Fsp3) is 0.200. The van der Waals surface area contributed by atoms with Gasteiger partial charge in [0.25, 0.3) is 0 Å². The van der Waals surface area contributed by atoms with Crippen LogP contribution in [0.4, 0.5) is 0 Å². The lowest BCUT2D eigenvalue weighted by atomic mass is 10.2. The molecule has 0 spiro atoms. The van der Waals surface area contributed by atoms with E-state index in [4.69, 9.17) is 39.5 Å². The van der Waals surface area contributed by atoms with Gasteiger partial charge in [-0.15, -0.1) is 0 Å². The van der Waals surface area contributed by atoms with Gasteiger partial charge in [-0.1, -0.05) is 47.8 Å². The molecule has 2 nitrogen and oxygen atoms in total. The number of benzene rings is 2. The Labute approximate surface area is 133 Å². The van der Waals surface area contributed by atoms with Crippen molar-refractivity contribution < 1.29 is 4.74 Å². The smallest absolute Gasteiger partial charge is 0.147 e. The normalized spacial score (nSPS) is 10.6. The summed E-state index contributed by atoms with van der Waals surface area (Å²) in [5, 5.41) is 4.78. The van der Waals surface area contributed by atoms with Gasteiger partial charge in [0.1, 0.15) is 16.5 Å². The number of halogens is 3. The maximum Gasteiger partial charge on any atom is 0.147 e. The summed E-state index contributed by atoms with van der Waals surface area (Å²) in [4.78, 5) is 0. The molecule has 0 bridgehead atoms. The molecule has 0 saturated heterocycles. The van der Waals surface area contributed by atoms with Gasteiger partial charge in [0.05, 0.1) is 5.02 Å². The molecule has 0 atom stereocenters. The molecule has 0 aromatic heterocycles. The van der Waals surface area contributed by atoms with Crippen LogP contribution in [0.1, 0.15) is 12.5 Å². The van der Waals surface area contributed by atoms with Crippen molar-refractivity contribution in [3.63, 3.8) is 0 Å². The highest BCUT2D eigenvalue weighted by Crippen LogP contribution is 2.36. The van der Waals surface area contributed by atoms with Crippen LogP contribution in [0.2, 0.25) is 15.1 Å². The van der Waals surface area contributed by atoms with Gasteiger partial charge < -0.3 is 10.1 Å². The van der Waals surface area contributed by atoms with E-state index in [0.717, 1.165) is 12.1 Å². The SMILES string of the molecule is CCNCc1cc(Cl)ccc1Oc1cccc(Cl)c1Cl. The van der Waals surface area contributed by atoms with E-state index in [1.807, 2.05) is 19.1 Å². The minimum atomic E-state index is 0.401. The highest BCUT2D eigenvalue weighted by molar-refractivity contribution is 6.42. The topological polar surface area (TPSA) is 21.3 Å². The Morgan fingerprint density at radius 2 is 1.85 bits per heavy atom. The van der Waals surface area contributed by atoms with E-state index in [1.54, 1.807) is 24.3 Å². The van der Waals surface area contributed by atoms with Gasteiger partial charge >= 0.3 is 0 Å². The van der Waals surface area contributed by atoms with E-state index < -0.39 is 0 Å². The zero-order valence-corrected chi connectivity index (χ0v) is 13.2. The summed E-state index contributed by atoms with van der Waals surface area (Å²) in [6, 6.07) is 10.8. The molecule has 2 aromatic carbocycles. The molecular weight excluding hydrogens is 317 g/mol. The standard InChI is InChI=1S/C15H14Cl3NO/c1-2-19-9-10-8-11(16)6-7-13(10)20-14-5-3-4-12(17)15(14)18/h3-8,19H,2,9H2,1H3. The quantitative estimate of drug-likeness (QED) is 0.776. The third-order valence-electron chi connectivity index (χ3n) is 2.72. The Bertz CT molecular complexity index is 602. The molecule has 106 valence electrons. The predicted molar refractivity (Wildman–Crippen MR) is 85.4 cm³/mol. The van der Waals surface area contributed by atoms with Gasteiger partial charge in [0, 0.05) is 17.1 Å². The Morgan fingerprint density at radius 3 is 2.60 bits per heavy atom. The summed E-state index contributed by atoms with van der Waals surface area (Å²) in [5.74, 6) is 1.23. The van der Waals surface area contributed by atoms with Crippen molar-refractivity contribution in [2.45, 2.75) is 13.5 Å². The monoisotopic (exact) mass is 329 g/mol.